The molecular weight excluding hydrogens is 342 g/mol. The number of alkyl carbamates (subject to hydrolysis) is 1. The molecule has 0 saturated heterocycles. The molecular formula is C21H25N3O3. The van der Waals surface area contributed by atoms with Gasteiger partial charge in [-0.15, -0.1) is 0 Å². The second kappa shape index (κ2) is 7.47. The molecule has 0 radical (unpaired) electrons. The minimum atomic E-state index is -0.427. The summed E-state index contributed by atoms with van der Waals surface area (Å²) in [6, 6.07) is 11.7. The number of aromatic nitrogens is 1. The Morgan fingerprint density at radius 1 is 1.26 bits per heavy atom. The third kappa shape index (κ3) is 3.70. The molecule has 6 nitrogen and oxygen atoms in total. The molecule has 2 heterocycles. The fraction of sp³-hybridized carbons (Fsp3) is 0.429. The predicted molar refractivity (Wildman–Crippen MR) is 103 cm³/mol. The quantitative estimate of drug-likeness (QED) is 0.839. The van der Waals surface area contributed by atoms with Crippen LogP contribution in [0.4, 0.5) is 10.5 Å². The normalized spacial score (nSPS) is 23.7. The Labute approximate surface area is 159 Å². The number of carbonyl (C=O) groups excluding carboxylic acids is 1. The van der Waals surface area contributed by atoms with Gasteiger partial charge in [0.15, 0.2) is 0 Å². The predicted octanol–water partition coefficient (Wildman–Crippen LogP) is 3.90. The van der Waals surface area contributed by atoms with Crippen LogP contribution in [0.1, 0.15) is 36.9 Å². The molecule has 4 rings (SSSR count). The molecule has 2 aliphatic rings. The van der Waals surface area contributed by atoms with Gasteiger partial charge in [-0.2, -0.15) is 0 Å². The van der Waals surface area contributed by atoms with Crippen LogP contribution in [0.3, 0.4) is 0 Å². The first-order valence-electron chi connectivity index (χ1n) is 9.44. The number of benzene rings is 1. The van der Waals surface area contributed by atoms with Crippen LogP contribution in [0, 0.1) is 11.8 Å². The van der Waals surface area contributed by atoms with Crippen LogP contribution in [-0.2, 0) is 11.3 Å². The summed E-state index contributed by atoms with van der Waals surface area (Å²) in [5.74, 6) is 1.39. The number of anilines is 1. The van der Waals surface area contributed by atoms with Gasteiger partial charge in [-0.1, -0.05) is 37.3 Å². The first-order valence-corrected chi connectivity index (χ1v) is 9.44. The van der Waals surface area contributed by atoms with Crippen LogP contribution in [0.5, 0.6) is 5.88 Å². The van der Waals surface area contributed by atoms with Crippen molar-refractivity contribution in [1.29, 1.82) is 0 Å². The van der Waals surface area contributed by atoms with Crippen molar-refractivity contribution in [3.63, 3.8) is 0 Å². The smallest absolute Gasteiger partial charge is 0.407 e. The average molecular weight is 367 g/mol. The SMILES string of the molecule is COc1nccc2c1C(NC(=O)OCc1ccccc1)[C@@H](C)[C@H](C1CC1)N2. The van der Waals surface area contributed by atoms with Crippen molar-refractivity contribution < 1.29 is 14.3 Å². The molecule has 0 spiro atoms. The van der Waals surface area contributed by atoms with Crippen molar-refractivity contribution in [3.8, 4) is 5.88 Å². The van der Waals surface area contributed by atoms with Gasteiger partial charge in [-0.05, 0) is 30.4 Å². The van der Waals surface area contributed by atoms with Gasteiger partial charge < -0.3 is 20.1 Å². The molecule has 1 fully saturated rings. The highest BCUT2D eigenvalue weighted by Gasteiger charge is 2.44. The third-order valence-electron chi connectivity index (χ3n) is 5.49. The lowest BCUT2D eigenvalue weighted by Crippen LogP contribution is -2.45. The zero-order valence-corrected chi connectivity index (χ0v) is 15.6. The van der Waals surface area contributed by atoms with E-state index in [0.717, 1.165) is 16.8 Å². The van der Waals surface area contributed by atoms with E-state index >= 15 is 0 Å². The van der Waals surface area contributed by atoms with Crippen molar-refractivity contribution in [2.24, 2.45) is 11.8 Å². The second-order valence-electron chi connectivity index (χ2n) is 7.33. The summed E-state index contributed by atoms with van der Waals surface area (Å²) in [5, 5.41) is 6.69. The van der Waals surface area contributed by atoms with E-state index in [1.807, 2.05) is 36.4 Å². The largest absolute Gasteiger partial charge is 0.481 e. The van der Waals surface area contributed by atoms with Gasteiger partial charge in [0.05, 0.1) is 18.7 Å². The van der Waals surface area contributed by atoms with Crippen molar-refractivity contribution in [1.82, 2.24) is 10.3 Å². The van der Waals surface area contributed by atoms with Gasteiger partial charge in [0.1, 0.15) is 6.61 Å². The van der Waals surface area contributed by atoms with Crippen LogP contribution in [0.2, 0.25) is 0 Å². The van der Waals surface area contributed by atoms with E-state index in [-0.39, 0.29) is 18.6 Å². The molecule has 1 aromatic heterocycles. The van der Waals surface area contributed by atoms with Gasteiger partial charge in [-0.25, -0.2) is 9.78 Å². The van der Waals surface area contributed by atoms with Crippen molar-refractivity contribution in [3.05, 3.63) is 53.7 Å². The van der Waals surface area contributed by atoms with Gasteiger partial charge in [0.2, 0.25) is 5.88 Å². The number of hydrogen-bond donors (Lipinski definition) is 2. The summed E-state index contributed by atoms with van der Waals surface area (Å²) in [5.41, 5.74) is 2.83. The van der Waals surface area contributed by atoms with Crippen LogP contribution < -0.4 is 15.4 Å². The number of ether oxygens (including phenoxy) is 2. The molecule has 27 heavy (non-hydrogen) atoms. The number of pyridine rings is 1. The molecule has 3 atom stereocenters. The highest BCUT2D eigenvalue weighted by Crippen LogP contribution is 2.47. The maximum absolute atomic E-state index is 12.5. The summed E-state index contributed by atoms with van der Waals surface area (Å²) in [6.07, 6.45) is 3.76. The Morgan fingerprint density at radius 2 is 2.04 bits per heavy atom. The highest BCUT2D eigenvalue weighted by atomic mass is 16.5. The Balaban J connectivity index is 1.53. The second-order valence-corrected chi connectivity index (χ2v) is 7.33. The van der Waals surface area contributed by atoms with Crippen LogP contribution in [0.15, 0.2) is 42.6 Å². The Bertz CT molecular complexity index is 808. The fourth-order valence-electron chi connectivity index (χ4n) is 3.92. The van der Waals surface area contributed by atoms with E-state index in [2.05, 4.69) is 22.5 Å². The van der Waals surface area contributed by atoms with Crippen LogP contribution in [0.25, 0.3) is 0 Å². The molecule has 142 valence electrons. The van der Waals surface area contributed by atoms with E-state index in [1.165, 1.54) is 12.8 Å². The summed E-state index contributed by atoms with van der Waals surface area (Å²) in [7, 11) is 1.60. The van der Waals surface area contributed by atoms with E-state index < -0.39 is 6.09 Å². The summed E-state index contributed by atoms with van der Waals surface area (Å²) < 4.78 is 10.9. The minimum Gasteiger partial charge on any atom is -0.481 e. The van der Waals surface area contributed by atoms with E-state index in [4.69, 9.17) is 9.47 Å². The molecule has 1 amide bonds. The lowest BCUT2D eigenvalue weighted by Gasteiger charge is -2.39. The van der Waals surface area contributed by atoms with Crippen molar-refractivity contribution in [2.75, 3.05) is 12.4 Å². The van der Waals surface area contributed by atoms with Crippen LogP contribution in [-0.4, -0.2) is 24.2 Å². The van der Waals surface area contributed by atoms with Crippen LogP contribution >= 0.6 is 0 Å². The zero-order chi connectivity index (χ0) is 18.8. The third-order valence-corrected chi connectivity index (χ3v) is 5.49. The highest BCUT2D eigenvalue weighted by molar-refractivity contribution is 5.70. The number of rotatable bonds is 5. The Morgan fingerprint density at radius 3 is 2.74 bits per heavy atom. The molecule has 6 heteroatoms. The number of amides is 1. The standard InChI is InChI=1S/C21H25N3O3/c1-13-18(15-8-9-15)23-16-10-11-22-20(26-2)17(16)19(13)24-21(25)27-12-14-6-4-3-5-7-14/h3-7,10-11,13,15,18-19,23H,8-9,12H2,1-2H3,(H,24,25)/t13-,18+,19?/m0/s1. The van der Waals surface area contributed by atoms with Gasteiger partial charge in [0, 0.05) is 23.8 Å². The fourth-order valence-corrected chi connectivity index (χ4v) is 3.92. The summed E-state index contributed by atoms with van der Waals surface area (Å²) in [4.78, 5) is 16.8. The van der Waals surface area contributed by atoms with Gasteiger partial charge >= 0.3 is 6.09 Å². The minimum absolute atomic E-state index is 0.201. The van der Waals surface area contributed by atoms with E-state index in [0.29, 0.717) is 17.8 Å². The first kappa shape index (κ1) is 17.6. The van der Waals surface area contributed by atoms with Gasteiger partial charge in [0.25, 0.3) is 0 Å². The lowest BCUT2D eigenvalue weighted by atomic mass is 9.82. The number of nitrogens with zero attached hydrogens (tertiary/aromatic N) is 1. The molecule has 1 saturated carbocycles. The maximum Gasteiger partial charge on any atom is 0.407 e. The molecule has 1 aliphatic carbocycles. The number of methoxy groups -OCH3 is 1. The summed E-state index contributed by atoms with van der Waals surface area (Å²) in [6.45, 7) is 2.41. The molecule has 1 aromatic carbocycles. The topological polar surface area (TPSA) is 72.5 Å². The monoisotopic (exact) mass is 367 g/mol. The Kier molecular flexibility index (Phi) is 4.88. The Hall–Kier alpha value is -2.76. The number of fused-ring (bicyclic) bond motifs is 1. The van der Waals surface area contributed by atoms with E-state index in [9.17, 15) is 4.79 Å². The molecule has 2 N–H and O–H groups in total. The molecule has 2 aromatic rings. The van der Waals surface area contributed by atoms with Crippen molar-refractivity contribution in [2.45, 2.75) is 38.5 Å². The molecule has 1 aliphatic heterocycles. The van der Waals surface area contributed by atoms with E-state index in [1.54, 1.807) is 13.3 Å². The average Bonchev–Trinajstić information content (AvgIpc) is 3.53. The first-order chi connectivity index (χ1) is 13.2. The number of carbonyl (C=O) groups is 1. The number of nitrogens with one attached hydrogen (secondary N) is 2. The lowest BCUT2D eigenvalue weighted by molar-refractivity contribution is 0.130. The zero-order valence-electron chi connectivity index (χ0n) is 15.6. The molecule has 1 unspecified atom stereocenters. The summed E-state index contributed by atoms with van der Waals surface area (Å²) >= 11 is 0. The van der Waals surface area contributed by atoms with Crippen molar-refractivity contribution >= 4 is 11.8 Å². The maximum atomic E-state index is 12.5. The van der Waals surface area contributed by atoms with Gasteiger partial charge in [-0.3, -0.25) is 0 Å². The number of hydrogen-bond acceptors (Lipinski definition) is 5. The molecule has 0 bridgehead atoms.